The van der Waals surface area contributed by atoms with Gasteiger partial charge in [0.1, 0.15) is 5.69 Å². The molecule has 1 aromatic heterocycles. The topological polar surface area (TPSA) is 65.8 Å². The summed E-state index contributed by atoms with van der Waals surface area (Å²) in [6.45, 7) is 2.19. The van der Waals surface area contributed by atoms with Crippen LogP contribution in [0.3, 0.4) is 0 Å². The fraction of sp³-hybridized carbons (Fsp3) is 0.684. The molecular formula is C19H26ClN3O3. The van der Waals surface area contributed by atoms with Crippen molar-refractivity contribution in [2.45, 2.75) is 37.7 Å². The lowest BCUT2D eigenvalue weighted by atomic mass is 9.74. The van der Waals surface area contributed by atoms with Crippen LogP contribution >= 0.6 is 11.6 Å². The number of carbonyl (C=O) groups is 2. The first-order valence-corrected chi connectivity index (χ1v) is 9.87. The van der Waals surface area contributed by atoms with Crippen LogP contribution in [0.25, 0.3) is 0 Å². The molecule has 6 nitrogen and oxygen atoms in total. The highest BCUT2D eigenvalue weighted by Gasteiger charge is 2.47. The number of aromatic nitrogens is 1. The van der Waals surface area contributed by atoms with E-state index in [9.17, 15) is 14.7 Å². The van der Waals surface area contributed by atoms with Crippen molar-refractivity contribution in [3.63, 3.8) is 0 Å². The van der Waals surface area contributed by atoms with Crippen LogP contribution in [-0.4, -0.2) is 63.1 Å². The Morgan fingerprint density at radius 1 is 1.19 bits per heavy atom. The zero-order valence-electron chi connectivity index (χ0n) is 15.2. The molecule has 4 rings (SSSR count). The second-order valence-electron chi connectivity index (χ2n) is 8.12. The molecule has 0 unspecified atom stereocenters. The molecule has 7 heteroatoms. The molecular weight excluding hydrogens is 354 g/mol. The molecule has 2 atom stereocenters. The molecule has 1 aliphatic carbocycles. The molecule has 1 N–H and O–H groups in total. The van der Waals surface area contributed by atoms with E-state index in [1.165, 1.54) is 0 Å². The van der Waals surface area contributed by atoms with Gasteiger partial charge in [-0.3, -0.25) is 9.59 Å². The van der Waals surface area contributed by atoms with Crippen LogP contribution in [0.5, 0.6) is 0 Å². The van der Waals surface area contributed by atoms with Crippen molar-refractivity contribution in [1.82, 2.24) is 14.4 Å². The van der Waals surface area contributed by atoms with E-state index in [0.717, 1.165) is 19.3 Å². The van der Waals surface area contributed by atoms with Crippen LogP contribution < -0.4 is 0 Å². The Hall–Kier alpha value is -1.53. The number of hydrogen-bond donors (Lipinski definition) is 1. The molecule has 3 heterocycles. The number of aliphatic hydroxyl groups is 1. The summed E-state index contributed by atoms with van der Waals surface area (Å²) in [5.41, 5.74) is -0.211. The first kappa shape index (κ1) is 17.9. The Morgan fingerprint density at radius 2 is 1.85 bits per heavy atom. The second-order valence-corrected chi connectivity index (χ2v) is 8.55. The van der Waals surface area contributed by atoms with Gasteiger partial charge in [-0.25, -0.2) is 0 Å². The molecule has 0 spiro atoms. The van der Waals surface area contributed by atoms with Crippen molar-refractivity contribution in [1.29, 1.82) is 0 Å². The van der Waals surface area contributed by atoms with E-state index in [-0.39, 0.29) is 23.7 Å². The Balaban J connectivity index is 1.47. The summed E-state index contributed by atoms with van der Waals surface area (Å²) >= 11 is 6.01. The highest BCUT2D eigenvalue weighted by Crippen LogP contribution is 2.38. The number of halogens is 1. The lowest BCUT2D eigenvalue weighted by molar-refractivity contribution is -0.151. The van der Waals surface area contributed by atoms with Crippen molar-refractivity contribution in [3.8, 4) is 0 Å². The summed E-state index contributed by atoms with van der Waals surface area (Å²) in [5, 5.41) is 11.6. The molecule has 3 aliphatic rings. The van der Waals surface area contributed by atoms with Gasteiger partial charge in [0.2, 0.25) is 5.91 Å². The van der Waals surface area contributed by atoms with E-state index in [0.29, 0.717) is 49.7 Å². The van der Waals surface area contributed by atoms with Gasteiger partial charge >= 0.3 is 0 Å². The molecule has 1 aromatic rings. The number of aryl methyl sites for hydroxylation is 1. The predicted octanol–water partition coefficient (Wildman–Crippen LogP) is 1.90. The van der Waals surface area contributed by atoms with Crippen molar-refractivity contribution >= 4 is 23.4 Å². The van der Waals surface area contributed by atoms with Crippen LogP contribution in [0.4, 0.5) is 0 Å². The van der Waals surface area contributed by atoms with Crippen LogP contribution in [0.15, 0.2) is 12.3 Å². The van der Waals surface area contributed by atoms with Gasteiger partial charge in [0.05, 0.1) is 10.6 Å². The van der Waals surface area contributed by atoms with Crippen LogP contribution in [0, 0.1) is 11.8 Å². The smallest absolute Gasteiger partial charge is 0.270 e. The quantitative estimate of drug-likeness (QED) is 0.853. The van der Waals surface area contributed by atoms with Gasteiger partial charge < -0.3 is 19.5 Å². The number of amides is 2. The number of carbonyl (C=O) groups excluding carboxylic acids is 2. The number of rotatable bonds is 2. The molecule has 26 heavy (non-hydrogen) atoms. The standard InChI is InChI=1S/C19H26ClN3O3/c1-21-12-15(20)9-16(21)18(25)23-8-6-19(26)5-7-22(10-14(19)11-23)17(24)13-3-2-4-13/h9,12-14,26H,2-8,10-11H2,1H3/t14-,19-/m0/s1. The van der Waals surface area contributed by atoms with E-state index in [1.807, 2.05) is 4.90 Å². The van der Waals surface area contributed by atoms with E-state index in [2.05, 4.69) is 0 Å². The lowest BCUT2D eigenvalue weighted by Crippen LogP contribution is -2.62. The Bertz CT molecular complexity index is 730. The third-order valence-corrected chi connectivity index (χ3v) is 6.72. The first-order chi connectivity index (χ1) is 12.4. The summed E-state index contributed by atoms with van der Waals surface area (Å²) in [6, 6.07) is 1.68. The number of likely N-dealkylation sites (tertiary alicyclic amines) is 2. The summed E-state index contributed by atoms with van der Waals surface area (Å²) in [6.07, 6.45) is 6.00. The number of piperidine rings is 2. The molecule has 3 fully saturated rings. The third kappa shape index (κ3) is 3.03. The molecule has 0 bridgehead atoms. The van der Waals surface area contributed by atoms with Gasteiger partial charge in [0, 0.05) is 51.3 Å². The second kappa shape index (κ2) is 6.57. The molecule has 2 amide bonds. The van der Waals surface area contributed by atoms with Crippen LogP contribution in [-0.2, 0) is 11.8 Å². The predicted molar refractivity (Wildman–Crippen MR) is 97.9 cm³/mol. The van der Waals surface area contributed by atoms with Crippen molar-refractivity contribution in [2.24, 2.45) is 18.9 Å². The summed E-state index contributed by atoms with van der Waals surface area (Å²) in [7, 11) is 1.80. The Kier molecular flexibility index (Phi) is 4.51. The van der Waals surface area contributed by atoms with Crippen LogP contribution in [0.1, 0.15) is 42.6 Å². The van der Waals surface area contributed by atoms with Gasteiger partial charge in [0.25, 0.3) is 5.91 Å². The summed E-state index contributed by atoms with van der Waals surface area (Å²) < 4.78 is 1.73. The van der Waals surface area contributed by atoms with E-state index in [4.69, 9.17) is 11.6 Å². The van der Waals surface area contributed by atoms with Crippen LogP contribution in [0.2, 0.25) is 5.02 Å². The van der Waals surface area contributed by atoms with E-state index < -0.39 is 5.60 Å². The average molecular weight is 380 g/mol. The third-order valence-electron chi connectivity index (χ3n) is 6.51. The number of hydrogen-bond acceptors (Lipinski definition) is 3. The molecule has 0 radical (unpaired) electrons. The van der Waals surface area contributed by atoms with Gasteiger partial charge in [-0.15, -0.1) is 0 Å². The van der Waals surface area contributed by atoms with E-state index >= 15 is 0 Å². The zero-order chi connectivity index (χ0) is 18.5. The minimum Gasteiger partial charge on any atom is -0.389 e. The minimum absolute atomic E-state index is 0.0658. The molecule has 2 aliphatic heterocycles. The number of fused-ring (bicyclic) bond motifs is 1. The average Bonchev–Trinajstić information content (AvgIpc) is 2.89. The zero-order valence-corrected chi connectivity index (χ0v) is 15.9. The van der Waals surface area contributed by atoms with Crippen molar-refractivity contribution < 1.29 is 14.7 Å². The molecule has 142 valence electrons. The highest BCUT2D eigenvalue weighted by molar-refractivity contribution is 6.31. The highest BCUT2D eigenvalue weighted by atomic mass is 35.5. The Morgan fingerprint density at radius 3 is 2.42 bits per heavy atom. The lowest BCUT2D eigenvalue weighted by Gasteiger charge is -2.50. The first-order valence-electron chi connectivity index (χ1n) is 9.50. The Labute approximate surface area is 158 Å². The summed E-state index contributed by atoms with van der Waals surface area (Å²) in [5.74, 6) is 0.251. The maximum atomic E-state index is 12.9. The largest absolute Gasteiger partial charge is 0.389 e. The SMILES string of the molecule is Cn1cc(Cl)cc1C(=O)N1CC[C@@]2(O)CCN(C(=O)C3CCC3)C[C@H]2C1. The molecule has 1 saturated carbocycles. The van der Waals surface area contributed by atoms with Gasteiger partial charge in [-0.05, 0) is 31.7 Å². The molecule has 2 saturated heterocycles. The van der Waals surface area contributed by atoms with Crippen molar-refractivity contribution in [2.75, 3.05) is 26.2 Å². The van der Waals surface area contributed by atoms with Crippen molar-refractivity contribution in [3.05, 3.63) is 23.0 Å². The molecule has 0 aromatic carbocycles. The van der Waals surface area contributed by atoms with Gasteiger partial charge in [-0.1, -0.05) is 18.0 Å². The van der Waals surface area contributed by atoms with E-state index in [1.54, 1.807) is 28.8 Å². The summed E-state index contributed by atoms with van der Waals surface area (Å²) in [4.78, 5) is 29.2. The maximum absolute atomic E-state index is 12.9. The van der Waals surface area contributed by atoms with Gasteiger partial charge in [-0.2, -0.15) is 0 Å². The monoisotopic (exact) mass is 379 g/mol. The normalized spacial score (nSPS) is 29.3. The number of nitrogens with zero attached hydrogens (tertiary/aromatic N) is 3. The fourth-order valence-corrected chi connectivity index (χ4v) is 4.75. The fourth-order valence-electron chi connectivity index (χ4n) is 4.50. The maximum Gasteiger partial charge on any atom is 0.270 e. The van der Waals surface area contributed by atoms with Gasteiger partial charge in [0.15, 0.2) is 0 Å². The minimum atomic E-state index is -0.765.